The Hall–Kier alpha value is -2.96. The van der Waals surface area contributed by atoms with E-state index in [-0.39, 0.29) is 6.04 Å². The van der Waals surface area contributed by atoms with Crippen LogP contribution in [0, 0.1) is 11.3 Å². The molecular weight excluding hydrogens is 477 g/mol. The van der Waals surface area contributed by atoms with Crippen LogP contribution in [0.3, 0.4) is 0 Å². The summed E-state index contributed by atoms with van der Waals surface area (Å²) in [5.41, 5.74) is 1.78. The van der Waals surface area contributed by atoms with E-state index in [9.17, 15) is 10.2 Å². The average Bonchev–Trinajstić information content (AvgIpc) is 3.45. The maximum absolute atomic E-state index is 11.5. The third kappa shape index (κ3) is 4.48. The molecule has 1 aliphatic carbocycles. The van der Waals surface area contributed by atoms with Crippen molar-refractivity contribution in [2.75, 3.05) is 56.4 Å². The number of nitrogens with zero attached hydrogens (tertiary/aromatic N) is 4. The van der Waals surface area contributed by atoms with Crippen LogP contribution < -0.4 is 20.7 Å². The summed E-state index contributed by atoms with van der Waals surface area (Å²) < 4.78 is 11.2. The summed E-state index contributed by atoms with van der Waals surface area (Å²) in [5.74, 6) is 1.62. The van der Waals surface area contributed by atoms with Gasteiger partial charge < -0.3 is 0 Å². The van der Waals surface area contributed by atoms with E-state index in [4.69, 9.17) is 14.5 Å². The van der Waals surface area contributed by atoms with Crippen LogP contribution in [-0.4, -0.2) is 82.6 Å². The monoisotopic (exact) mass is 509 g/mol. The predicted molar refractivity (Wildman–Crippen MR) is 142 cm³/mol. The molecule has 0 amide bonds. The van der Waals surface area contributed by atoms with E-state index in [1.807, 2.05) is 18.2 Å². The van der Waals surface area contributed by atoms with Crippen molar-refractivity contribution in [3.8, 4) is 11.8 Å². The average molecular weight is 510 g/mol. The van der Waals surface area contributed by atoms with E-state index in [0.29, 0.717) is 47.3 Å². The second kappa shape index (κ2) is 9.49. The van der Waals surface area contributed by atoms with Crippen molar-refractivity contribution in [3.05, 3.63) is 30.0 Å². The molecule has 4 heterocycles. The zero-order chi connectivity index (χ0) is 24.7. The van der Waals surface area contributed by atoms with Crippen molar-refractivity contribution < 1.29 is 14.4 Å². The third-order valence-electron chi connectivity index (χ3n) is 7.60. The molecule has 0 bridgehead atoms. The first kappa shape index (κ1) is 23.4. The van der Waals surface area contributed by atoms with Crippen LogP contribution in [0.4, 0.5) is 17.5 Å². The quantitative estimate of drug-likeness (QED) is 0.355. The van der Waals surface area contributed by atoms with E-state index in [1.54, 1.807) is 13.3 Å². The Labute approximate surface area is 210 Å². The van der Waals surface area contributed by atoms with Gasteiger partial charge in [-0.15, -0.1) is 0 Å². The Balaban J connectivity index is 1.27. The summed E-state index contributed by atoms with van der Waals surface area (Å²) in [5, 5.41) is 17.9. The molecule has 3 aromatic rings. The van der Waals surface area contributed by atoms with Crippen LogP contribution in [0.25, 0.3) is 11.0 Å². The van der Waals surface area contributed by atoms with E-state index >= 15 is 0 Å². The number of aromatic nitrogens is 3. The fourth-order valence-corrected chi connectivity index (χ4v) is 8.25. The van der Waals surface area contributed by atoms with Crippen LogP contribution in [0.5, 0.6) is 5.75 Å². The Bertz CT molecular complexity index is 1300. The number of ether oxygens (including phenoxy) is 2. The number of nitrogens with one attached hydrogen (secondary N) is 3. The molecule has 1 saturated carbocycles. The minimum atomic E-state index is -2.54. The van der Waals surface area contributed by atoms with E-state index in [1.165, 1.54) is 12.8 Å². The molecule has 2 aliphatic heterocycles. The number of nitriles is 1. The van der Waals surface area contributed by atoms with Crippen molar-refractivity contribution >= 4 is 41.3 Å². The van der Waals surface area contributed by atoms with Crippen molar-refractivity contribution in [1.82, 2.24) is 19.9 Å². The van der Waals surface area contributed by atoms with Gasteiger partial charge in [0.25, 0.3) is 0 Å². The van der Waals surface area contributed by atoms with Crippen molar-refractivity contribution in [2.45, 2.75) is 31.3 Å². The van der Waals surface area contributed by atoms with Crippen LogP contribution in [0.2, 0.25) is 0 Å². The van der Waals surface area contributed by atoms with Crippen LogP contribution in [-0.2, 0) is 4.74 Å². The number of methoxy groups -OCH3 is 1. The van der Waals surface area contributed by atoms with E-state index in [2.05, 4.69) is 31.6 Å². The number of H-pyrrole nitrogens is 1. The van der Waals surface area contributed by atoms with E-state index in [0.717, 1.165) is 48.9 Å². The van der Waals surface area contributed by atoms with Gasteiger partial charge in [-0.05, 0) is 0 Å². The van der Waals surface area contributed by atoms with Gasteiger partial charge in [-0.2, -0.15) is 0 Å². The molecular formula is C25H32N7O3P. The van der Waals surface area contributed by atoms with Crippen LogP contribution in [0.15, 0.2) is 24.4 Å². The predicted octanol–water partition coefficient (Wildman–Crippen LogP) is 2.54. The Morgan fingerprint density at radius 2 is 2.08 bits per heavy atom. The minimum absolute atomic E-state index is 0.128. The number of aromatic amines is 1. The topological polar surface area (TPSA) is 131 Å². The number of rotatable bonds is 7. The number of anilines is 3. The first-order valence-electron chi connectivity index (χ1n) is 12.6. The number of fused-ring (bicyclic) bond motifs is 1. The first-order chi connectivity index (χ1) is 17.6. The van der Waals surface area contributed by atoms with Gasteiger partial charge in [0.1, 0.15) is 0 Å². The molecule has 4 N–H and O–H groups in total. The molecule has 0 unspecified atom stereocenters. The van der Waals surface area contributed by atoms with Gasteiger partial charge in [0.15, 0.2) is 0 Å². The van der Waals surface area contributed by atoms with Gasteiger partial charge in [-0.3, -0.25) is 0 Å². The number of hydrogen-bond acceptors (Lipinski definition) is 9. The van der Waals surface area contributed by atoms with Gasteiger partial charge in [-0.25, -0.2) is 0 Å². The summed E-state index contributed by atoms with van der Waals surface area (Å²) >= 11 is 0. The summed E-state index contributed by atoms with van der Waals surface area (Å²) in [7, 11) is -0.909. The van der Waals surface area contributed by atoms with Crippen molar-refractivity contribution in [2.24, 2.45) is 0 Å². The van der Waals surface area contributed by atoms with Gasteiger partial charge in [0, 0.05) is 0 Å². The fourth-order valence-electron chi connectivity index (χ4n) is 5.32. The molecule has 3 aliphatic rings. The third-order valence-corrected chi connectivity index (χ3v) is 11.1. The normalized spacial score (nSPS) is 22.8. The molecule has 0 spiro atoms. The molecule has 1 atom stereocenters. The molecule has 190 valence electrons. The zero-order valence-electron chi connectivity index (χ0n) is 20.4. The van der Waals surface area contributed by atoms with Crippen molar-refractivity contribution in [3.63, 3.8) is 0 Å². The van der Waals surface area contributed by atoms with Gasteiger partial charge in [-0.1, -0.05) is 0 Å². The molecule has 2 saturated heterocycles. The fraction of sp³-hybridized carbons (Fsp3) is 0.480. The molecule has 6 rings (SSSR count). The van der Waals surface area contributed by atoms with Crippen molar-refractivity contribution in [1.29, 1.82) is 5.26 Å². The molecule has 0 radical (unpaired) electrons. The Morgan fingerprint density at radius 1 is 1.25 bits per heavy atom. The zero-order valence-corrected chi connectivity index (χ0v) is 21.4. The molecule has 36 heavy (non-hydrogen) atoms. The van der Waals surface area contributed by atoms with Gasteiger partial charge >= 0.3 is 210 Å². The Morgan fingerprint density at radius 3 is 2.78 bits per heavy atom. The molecule has 11 heteroatoms. The molecule has 2 aromatic heterocycles. The summed E-state index contributed by atoms with van der Waals surface area (Å²) in [4.78, 5) is 26.5. The summed E-state index contributed by atoms with van der Waals surface area (Å²) in [6, 6.07) is 9.00. The van der Waals surface area contributed by atoms with Crippen LogP contribution in [0.1, 0.15) is 24.8 Å². The number of benzene rings is 1. The molecule has 3 fully saturated rings. The second-order valence-corrected chi connectivity index (χ2v) is 13.6. The molecule has 10 nitrogen and oxygen atoms in total. The SMILES string of the molecule is COc1cc([PH]2(O)CCN(C3CC3)CC2)ccc1Nc1nc(N[C@H]2CCOC2)c2c(C#N)c[nH]c2n1. The maximum atomic E-state index is 11.5. The first-order valence-corrected chi connectivity index (χ1v) is 15.0. The standard InChI is InChI=1S/C25H32N7O3P/c1-34-21-12-19(36(33)10-7-32(8-11-36)18-2-3-18)4-5-20(21)29-25-30-23-22(16(13-26)14-27-23)24(31-25)28-17-6-9-35-15-17/h4-5,12,14,17-18,33,36H,2-3,6-11,15H2,1H3,(H3,27,28,29,30,31)/t17-/m0/s1. The Kier molecular flexibility index (Phi) is 6.18. The number of hydrogen-bond donors (Lipinski definition) is 4. The van der Waals surface area contributed by atoms with Gasteiger partial charge in [0.05, 0.1) is 0 Å². The second-order valence-electron chi connectivity index (χ2n) is 9.98. The summed E-state index contributed by atoms with van der Waals surface area (Å²) in [6.07, 6.45) is 6.83. The van der Waals surface area contributed by atoms with Gasteiger partial charge in [0.2, 0.25) is 0 Å². The summed E-state index contributed by atoms with van der Waals surface area (Å²) in [6.45, 7) is 3.26. The molecule has 1 aromatic carbocycles. The van der Waals surface area contributed by atoms with Crippen LogP contribution >= 0.6 is 7.49 Å². The van der Waals surface area contributed by atoms with E-state index < -0.39 is 7.49 Å².